The lowest BCUT2D eigenvalue weighted by atomic mass is 9.97. The average Bonchev–Trinajstić information content (AvgIpc) is 3.63. The van der Waals surface area contributed by atoms with Gasteiger partial charge in [0, 0.05) is 28.9 Å². The summed E-state index contributed by atoms with van der Waals surface area (Å²) in [6.45, 7) is 6.37. The molecule has 1 heterocycles. The summed E-state index contributed by atoms with van der Waals surface area (Å²) >= 11 is 0. The van der Waals surface area contributed by atoms with E-state index in [1.165, 1.54) is 18.4 Å². The zero-order chi connectivity index (χ0) is 22.9. The Labute approximate surface area is 194 Å². The molecular weight excluding hydrogens is 408 g/mol. The number of benzene rings is 3. The SMILES string of the molecule is Cc1ccc(C(=O)Nc2ccc(C(C)C)cc2)cc1-c1ccc2nc(NC3CC3)ncc2c1. The number of aromatic nitrogens is 2. The van der Waals surface area contributed by atoms with Crippen LogP contribution in [-0.2, 0) is 0 Å². The maximum atomic E-state index is 12.9. The number of hydrogen-bond donors (Lipinski definition) is 2. The minimum absolute atomic E-state index is 0.117. The second-order valence-electron chi connectivity index (χ2n) is 9.15. The van der Waals surface area contributed by atoms with Crippen LogP contribution in [0.2, 0.25) is 0 Å². The molecule has 5 rings (SSSR count). The number of aryl methyl sites for hydroxylation is 1. The summed E-state index contributed by atoms with van der Waals surface area (Å²) in [4.78, 5) is 22.0. The van der Waals surface area contributed by atoms with E-state index in [1.54, 1.807) is 0 Å². The third-order valence-corrected chi connectivity index (χ3v) is 6.14. The van der Waals surface area contributed by atoms with Crippen molar-refractivity contribution < 1.29 is 4.79 Å². The van der Waals surface area contributed by atoms with Gasteiger partial charge in [0.2, 0.25) is 5.95 Å². The molecule has 3 aromatic carbocycles. The first-order valence-corrected chi connectivity index (χ1v) is 11.5. The Morgan fingerprint density at radius 3 is 2.52 bits per heavy atom. The summed E-state index contributed by atoms with van der Waals surface area (Å²) in [5.74, 6) is 1.03. The number of rotatable bonds is 6. The molecule has 1 aliphatic rings. The van der Waals surface area contributed by atoms with Crippen LogP contribution >= 0.6 is 0 Å². The van der Waals surface area contributed by atoms with Gasteiger partial charge in [-0.25, -0.2) is 9.97 Å². The fourth-order valence-corrected chi connectivity index (χ4v) is 3.91. The van der Waals surface area contributed by atoms with Gasteiger partial charge in [0.05, 0.1) is 5.52 Å². The maximum absolute atomic E-state index is 12.9. The van der Waals surface area contributed by atoms with Crippen LogP contribution in [0.3, 0.4) is 0 Å². The normalized spacial score (nSPS) is 13.3. The van der Waals surface area contributed by atoms with E-state index in [-0.39, 0.29) is 5.91 Å². The number of nitrogens with one attached hydrogen (secondary N) is 2. The molecule has 0 saturated heterocycles. The largest absolute Gasteiger partial charge is 0.351 e. The highest BCUT2D eigenvalue weighted by Gasteiger charge is 2.22. The number of carbonyl (C=O) groups excluding carboxylic acids is 1. The summed E-state index contributed by atoms with van der Waals surface area (Å²) in [5.41, 5.74) is 6.77. The lowest BCUT2D eigenvalue weighted by Gasteiger charge is -2.12. The van der Waals surface area contributed by atoms with Crippen LogP contribution in [0.1, 0.15) is 54.1 Å². The van der Waals surface area contributed by atoms with Gasteiger partial charge in [0.15, 0.2) is 0 Å². The highest BCUT2D eigenvalue weighted by molar-refractivity contribution is 6.05. The van der Waals surface area contributed by atoms with E-state index in [4.69, 9.17) is 0 Å². The molecule has 1 fully saturated rings. The molecule has 4 aromatic rings. The second-order valence-corrected chi connectivity index (χ2v) is 9.15. The van der Waals surface area contributed by atoms with Crippen molar-refractivity contribution in [1.29, 1.82) is 0 Å². The Morgan fingerprint density at radius 1 is 1.00 bits per heavy atom. The molecule has 0 bridgehead atoms. The standard InChI is InChI=1S/C28H28N4O/c1-17(2)19-6-9-23(10-7-19)30-27(33)21-5-4-18(3)25(15-21)20-8-13-26-22(14-20)16-29-28(32-26)31-24-11-12-24/h4-10,13-17,24H,11-12H2,1-3H3,(H,30,33)(H,29,31,32). The van der Waals surface area contributed by atoms with E-state index in [0.29, 0.717) is 23.5 Å². The predicted molar refractivity (Wildman–Crippen MR) is 135 cm³/mol. The van der Waals surface area contributed by atoms with E-state index < -0.39 is 0 Å². The van der Waals surface area contributed by atoms with Crippen LogP contribution < -0.4 is 10.6 Å². The Kier molecular flexibility index (Phi) is 5.55. The van der Waals surface area contributed by atoms with Gasteiger partial charge in [-0.2, -0.15) is 0 Å². The van der Waals surface area contributed by atoms with E-state index in [9.17, 15) is 4.79 Å². The van der Waals surface area contributed by atoms with Crippen molar-refractivity contribution >= 4 is 28.4 Å². The topological polar surface area (TPSA) is 66.9 Å². The quantitative estimate of drug-likeness (QED) is 0.359. The Hall–Kier alpha value is -3.73. The predicted octanol–water partition coefficient (Wildman–Crippen LogP) is 6.56. The van der Waals surface area contributed by atoms with Crippen molar-refractivity contribution in [2.75, 3.05) is 10.6 Å². The zero-order valence-electron chi connectivity index (χ0n) is 19.2. The molecule has 1 amide bonds. The molecule has 5 nitrogen and oxygen atoms in total. The molecule has 0 aliphatic heterocycles. The first-order chi connectivity index (χ1) is 16.0. The fourth-order valence-electron chi connectivity index (χ4n) is 3.91. The Bertz CT molecular complexity index is 1320. The molecule has 1 aliphatic carbocycles. The molecule has 0 unspecified atom stereocenters. The second kappa shape index (κ2) is 8.66. The Morgan fingerprint density at radius 2 is 1.79 bits per heavy atom. The number of carbonyl (C=O) groups is 1. The fraction of sp³-hybridized carbons (Fsp3) is 0.250. The summed E-state index contributed by atoms with van der Waals surface area (Å²) in [6.07, 6.45) is 4.24. The minimum Gasteiger partial charge on any atom is -0.351 e. The van der Waals surface area contributed by atoms with Crippen LogP contribution in [0.25, 0.3) is 22.0 Å². The minimum atomic E-state index is -0.117. The van der Waals surface area contributed by atoms with Crippen LogP contribution in [0.15, 0.2) is 66.9 Å². The van der Waals surface area contributed by atoms with Crippen molar-refractivity contribution in [2.45, 2.75) is 45.6 Å². The maximum Gasteiger partial charge on any atom is 0.255 e. The Balaban J connectivity index is 1.39. The van der Waals surface area contributed by atoms with Gasteiger partial charge in [-0.15, -0.1) is 0 Å². The molecule has 0 spiro atoms. The van der Waals surface area contributed by atoms with Gasteiger partial charge in [0.25, 0.3) is 5.91 Å². The van der Waals surface area contributed by atoms with Gasteiger partial charge >= 0.3 is 0 Å². The van der Waals surface area contributed by atoms with E-state index >= 15 is 0 Å². The van der Waals surface area contributed by atoms with E-state index in [0.717, 1.165) is 33.3 Å². The van der Waals surface area contributed by atoms with Crippen LogP contribution in [0, 0.1) is 6.92 Å². The van der Waals surface area contributed by atoms with E-state index in [1.807, 2.05) is 42.6 Å². The van der Waals surface area contributed by atoms with Crippen LogP contribution in [0.4, 0.5) is 11.6 Å². The molecule has 2 N–H and O–H groups in total. The highest BCUT2D eigenvalue weighted by atomic mass is 16.1. The van der Waals surface area contributed by atoms with Gasteiger partial charge < -0.3 is 10.6 Å². The van der Waals surface area contributed by atoms with Crippen molar-refractivity contribution in [3.05, 3.63) is 83.6 Å². The first kappa shape index (κ1) is 21.1. The number of hydrogen-bond acceptors (Lipinski definition) is 4. The van der Waals surface area contributed by atoms with Crippen molar-refractivity contribution in [2.24, 2.45) is 0 Å². The van der Waals surface area contributed by atoms with Gasteiger partial charge in [0.1, 0.15) is 0 Å². The molecular formula is C28H28N4O. The molecule has 0 radical (unpaired) electrons. The van der Waals surface area contributed by atoms with Crippen molar-refractivity contribution in [1.82, 2.24) is 9.97 Å². The van der Waals surface area contributed by atoms with Crippen LogP contribution in [-0.4, -0.2) is 21.9 Å². The van der Waals surface area contributed by atoms with Crippen molar-refractivity contribution in [3.8, 4) is 11.1 Å². The number of nitrogens with zero attached hydrogens (tertiary/aromatic N) is 2. The molecule has 0 atom stereocenters. The molecule has 1 saturated carbocycles. The van der Waals surface area contributed by atoms with E-state index in [2.05, 4.69) is 65.6 Å². The molecule has 1 aromatic heterocycles. The first-order valence-electron chi connectivity index (χ1n) is 11.5. The average molecular weight is 437 g/mol. The lowest BCUT2D eigenvalue weighted by Crippen LogP contribution is -2.12. The number of amides is 1. The smallest absolute Gasteiger partial charge is 0.255 e. The lowest BCUT2D eigenvalue weighted by molar-refractivity contribution is 0.102. The van der Waals surface area contributed by atoms with Gasteiger partial charge in [-0.05, 0) is 84.3 Å². The van der Waals surface area contributed by atoms with Crippen molar-refractivity contribution in [3.63, 3.8) is 0 Å². The number of fused-ring (bicyclic) bond motifs is 1. The molecule has 33 heavy (non-hydrogen) atoms. The molecule has 5 heteroatoms. The highest BCUT2D eigenvalue weighted by Crippen LogP contribution is 2.29. The van der Waals surface area contributed by atoms with Gasteiger partial charge in [-0.1, -0.05) is 38.1 Å². The van der Waals surface area contributed by atoms with Gasteiger partial charge in [-0.3, -0.25) is 4.79 Å². The third-order valence-electron chi connectivity index (χ3n) is 6.14. The number of anilines is 2. The zero-order valence-corrected chi connectivity index (χ0v) is 19.2. The van der Waals surface area contributed by atoms with Crippen LogP contribution in [0.5, 0.6) is 0 Å². The summed E-state index contributed by atoms with van der Waals surface area (Å²) in [6, 6.07) is 20.5. The summed E-state index contributed by atoms with van der Waals surface area (Å²) in [7, 11) is 0. The summed E-state index contributed by atoms with van der Waals surface area (Å²) in [5, 5.41) is 7.34. The summed E-state index contributed by atoms with van der Waals surface area (Å²) < 4.78 is 0. The third kappa shape index (κ3) is 4.72. The monoisotopic (exact) mass is 436 g/mol. The molecule has 166 valence electrons.